The zero-order valence-corrected chi connectivity index (χ0v) is 13.9. The van der Waals surface area contributed by atoms with Gasteiger partial charge in [0.05, 0.1) is 6.61 Å². The Morgan fingerprint density at radius 3 is 2.86 bits per heavy atom. The van der Waals surface area contributed by atoms with Crippen LogP contribution in [0.2, 0.25) is 0 Å². The molecule has 0 aliphatic carbocycles. The highest BCUT2D eigenvalue weighted by molar-refractivity contribution is 5.13. The van der Waals surface area contributed by atoms with E-state index in [2.05, 4.69) is 47.5 Å². The normalized spacial score (nSPS) is 30.3. The van der Waals surface area contributed by atoms with E-state index in [4.69, 9.17) is 4.74 Å². The summed E-state index contributed by atoms with van der Waals surface area (Å²) in [6.45, 7) is 7.74. The number of benzene rings is 1. The summed E-state index contributed by atoms with van der Waals surface area (Å²) in [4.78, 5) is 2.61. The first-order valence-corrected chi connectivity index (χ1v) is 8.90. The first-order valence-electron chi connectivity index (χ1n) is 8.90. The maximum atomic E-state index is 6.42. The number of piperidine rings is 2. The molecule has 22 heavy (non-hydrogen) atoms. The van der Waals surface area contributed by atoms with Crippen LogP contribution in [-0.4, -0.2) is 36.8 Å². The van der Waals surface area contributed by atoms with Gasteiger partial charge in [0.25, 0.3) is 0 Å². The van der Waals surface area contributed by atoms with E-state index in [1.807, 2.05) is 0 Å². The number of nitrogens with zero attached hydrogens (tertiary/aromatic N) is 1. The Hall–Kier alpha value is -0.900. The number of likely N-dealkylation sites (tertiary alicyclic amines) is 1. The van der Waals surface area contributed by atoms with E-state index in [0.717, 1.165) is 18.9 Å². The van der Waals surface area contributed by atoms with Gasteiger partial charge in [0.2, 0.25) is 0 Å². The lowest BCUT2D eigenvalue weighted by molar-refractivity contribution is -0.175. The van der Waals surface area contributed by atoms with Crippen LogP contribution in [0.1, 0.15) is 44.6 Å². The van der Waals surface area contributed by atoms with Crippen molar-refractivity contribution in [1.29, 1.82) is 0 Å². The Morgan fingerprint density at radius 2 is 2.09 bits per heavy atom. The number of hydrogen-bond donors (Lipinski definition) is 1. The van der Waals surface area contributed by atoms with Gasteiger partial charge in [-0.2, -0.15) is 0 Å². The molecule has 1 aromatic rings. The van der Waals surface area contributed by atoms with Gasteiger partial charge in [-0.05, 0) is 63.6 Å². The van der Waals surface area contributed by atoms with Gasteiger partial charge in [0.15, 0.2) is 0 Å². The highest BCUT2D eigenvalue weighted by atomic mass is 16.5. The molecule has 1 N–H and O–H groups in total. The van der Waals surface area contributed by atoms with Gasteiger partial charge in [-0.1, -0.05) is 30.3 Å². The molecule has 3 rings (SSSR count). The molecule has 0 aromatic heterocycles. The van der Waals surface area contributed by atoms with Gasteiger partial charge >= 0.3 is 0 Å². The molecule has 0 amide bonds. The lowest BCUT2D eigenvalue weighted by Gasteiger charge is -2.46. The average Bonchev–Trinajstić information content (AvgIpc) is 2.57. The summed E-state index contributed by atoms with van der Waals surface area (Å²) in [5.41, 5.74) is 1.18. The van der Waals surface area contributed by atoms with Gasteiger partial charge < -0.3 is 10.1 Å². The second-order valence-electron chi connectivity index (χ2n) is 7.06. The van der Waals surface area contributed by atoms with E-state index in [1.165, 1.54) is 57.4 Å². The minimum absolute atomic E-state index is 0.0917. The Kier molecular flexibility index (Phi) is 5.51. The van der Waals surface area contributed by atoms with Crippen molar-refractivity contribution in [1.82, 2.24) is 10.2 Å². The lowest BCUT2D eigenvalue weighted by atomic mass is 9.94. The summed E-state index contributed by atoms with van der Waals surface area (Å²) in [6, 6.07) is 10.6. The van der Waals surface area contributed by atoms with E-state index in [9.17, 15) is 0 Å². The van der Waals surface area contributed by atoms with Crippen molar-refractivity contribution in [2.24, 2.45) is 5.92 Å². The van der Waals surface area contributed by atoms with Crippen LogP contribution in [0.4, 0.5) is 0 Å². The molecule has 2 unspecified atom stereocenters. The zero-order chi connectivity index (χ0) is 15.3. The van der Waals surface area contributed by atoms with Crippen LogP contribution in [-0.2, 0) is 11.3 Å². The third-order valence-electron chi connectivity index (χ3n) is 5.26. The summed E-state index contributed by atoms with van der Waals surface area (Å²) >= 11 is 0. The maximum absolute atomic E-state index is 6.42. The first-order chi connectivity index (χ1) is 10.8. The van der Waals surface area contributed by atoms with Crippen molar-refractivity contribution in [2.45, 2.75) is 51.4 Å². The Morgan fingerprint density at radius 1 is 1.23 bits per heavy atom. The highest BCUT2D eigenvalue weighted by Gasteiger charge is 2.36. The summed E-state index contributed by atoms with van der Waals surface area (Å²) < 4.78 is 6.42. The van der Waals surface area contributed by atoms with E-state index >= 15 is 0 Å². The first kappa shape index (κ1) is 16.0. The van der Waals surface area contributed by atoms with E-state index in [-0.39, 0.29) is 5.72 Å². The number of rotatable bonds is 5. The van der Waals surface area contributed by atoms with E-state index in [1.54, 1.807) is 0 Å². The second-order valence-corrected chi connectivity index (χ2v) is 7.06. The van der Waals surface area contributed by atoms with Gasteiger partial charge in [0, 0.05) is 13.1 Å². The third kappa shape index (κ3) is 4.09. The van der Waals surface area contributed by atoms with Crippen LogP contribution in [0.5, 0.6) is 0 Å². The second kappa shape index (κ2) is 7.58. The predicted molar refractivity (Wildman–Crippen MR) is 90.7 cm³/mol. The molecule has 0 saturated carbocycles. The van der Waals surface area contributed by atoms with Crippen LogP contribution in [0.3, 0.4) is 0 Å². The van der Waals surface area contributed by atoms with Crippen molar-refractivity contribution in [2.75, 3.05) is 26.2 Å². The molecule has 122 valence electrons. The maximum Gasteiger partial charge on any atom is 0.119 e. The van der Waals surface area contributed by atoms with Crippen LogP contribution < -0.4 is 5.32 Å². The van der Waals surface area contributed by atoms with Gasteiger partial charge in [-0.3, -0.25) is 4.90 Å². The summed E-state index contributed by atoms with van der Waals surface area (Å²) in [6.07, 6.45) is 6.42. The summed E-state index contributed by atoms with van der Waals surface area (Å²) in [5, 5.41) is 3.54. The van der Waals surface area contributed by atoms with E-state index < -0.39 is 0 Å². The van der Waals surface area contributed by atoms with Crippen LogP contribution >= 0.6 is 0 Å². The molecule has 0 radical (unpaired) electrons. The smallest absolute Gasteiger partial charge is 0.119 e. The summed E-state index contributed by atoms with van der Waals surface area (Å²) in [5.74, 6) is 0.784. The molecule has 3 nitrogen and oxygen atoms in total. The molecule has 1 aromatic carbocycles. The topological polar surface area (TPSA) is 24.5 Å². The molecule has 2 fully saturated rings. The number of ether oxygens (including phenoxy) is 1. The summed E-state index contributed by atoms with van der Waals surface area (Å²) in [7, 11) is 0. The number of hydrogen-bond acceptors (Lipinski definition) is 3. The quantitative estimate of drug-likeness (QED) is 0.902. The Bertz CT molecular complexity index is 444. The number of nitrogens with one attached hydrogen (secondary N) is 1. The van der Waals surface area contributed by atoms with Crippen molar-refractivity contribution in [3.8, 4) is 0 Å². The molecule has 2 aliphatic heterocycles. The standard InChI is InChI=1S/C19H30N2O/c1-19(22-16-17-8-3-2-4-9-17)11-5-6-13-21(19)15-18-10-7-12-20-14-18/h2-4,8-9,18,20H,5-7,10-16H2,1H3. The van der Waals surface area contributed by atoms with Gasteiger partial charge in [-0.25, -0.2) is 0 Å². The van der Waals surface area contributed by atoms with Crippen molar-refractivity contribution >= 4 is 0 Å². The SMILES string of the molecule is CC1(OCc2ccccc2)CCCCN1CC1CCCNC1. The van der Waals surface area contributed by atoms with Crippen LogP contribution in [0, 0.1) is 5.92 Å². The van der Waals surface area contributed by atoms with Crippen LogP contribution in [0.25, 0.3) is 0 Å². The minimum atomic E-state index is -0.0917. The minimum Gasteiger partial charge on any atom is -0.356 e. The fourth-order valence-electron chi connectivity index (χ4n) is 3.80. The highest BCUT2D eigenvalue weighted by Crippen LogP contribution is 2.31. The van der Waals surface area contributed by atoms with Crippen LogP contribution in [0.15, 0.2) is 30.3 Å². The Balaban J connectivity index is 1.59. The zero-order valence-electron chi connectivity index (χ0n) is 13.9. The van der Waals surface area contributed by atoms with Gasteiger partial charge in [0.1, 0.15) is 5.72 Å². The fraction of sp³-hybridized carbons (Fsp3) is 0.684. The van der Waals surface area contributed by atoms with Crippen molar-refractivity contribution < 1.29 is 4.74 Å². The third-order valence-corrected chi connectivity index (χ3v) is 5.26. The van der Waals surface area contributed by atoms with Crippen molar-refractivity contribution in [3.05, 3.63) is 35.9 Å². The molecule has 0 bridgehead atoms. The molecule has 2 aliphatic rings. The largest absolute Gasteiger partial charge is 0.356 e. The molecular formula is C19H30N2O. The van der Waals surface area contributed by atoms with Crippen molar-refractivity contribution in [3.63, 3.8) is 0 Å². The molecule has 2 atom stereocenters. The molecule has 3 heteroatoms. The molecular weight excluding hydrogens is 272 g/mol. The molecule has 2 heterocycles. The Labute approximate surface area is 135 Å². The average molecular weight is 302 g/mol. The van der Waals surface area contributed by atoms with E-state index in [0.29, 0.717) is 0 Å². The lowest BCUT2D eigenvalue weighted by Crippen LogP contribution is -2.54. The molecule has 2 saturated heterocycles. The fourth-order valence-corrected chi connectivity index (χ4v) is 3.80. The monoisotopic (exact) mass is 302 g/mol. The molecule has 0 spiro atoms. The predicted octanol–water partition coefficient (Wildman–Crippen LogP) is 3.40. The van der Waals surface area contributed by atoms with Gasteiger partial charge in [-0.15, -0.1) is 0 Å².